The van der Waals surface area contributed by atoms with Crippen LogP contribution in [0.4, 0.5) is 5.82 Å². The fourth-order valence-electron chi connectivity index (χ4n) is 3.28. The van der Waals surface area contributed by atoms with Gasteiger partial charge < -0.3 is 10.1 Å². The van der Waals surface area contributed by atoms with E-state index in [2.05, 4.69) is 29.4 Å². The van der Waals surface area contributed by atoms with Gasteiger partial charge in [-0.1, -0.05) is 56.5 Å². The van der Waals surface area contributed by atoms with E-state index in [-0.39, 0.29) is 11.8 Å². The molecule has 0 saturated carbocycles. The monoisotopic (exact) mass is 399 g/mol. The number of halogens is 1. The number of rotatable bonds is 9. The van der Waals surface area contributed by atoms with E-state index in [4.69, 9.17) is 16.3 Å². The highest BCUT2D eigenvalue weighted by Crippen LogP contribution is 2.27. The van der Waals surface area contributed by atoms with Crippen LogP contribution >= 0.6 is 11.6 Å². The van der Waals surface area contributed by atoms with E-state index < -0.39 is 0 Å². The number of nitrogens with one attached hydrogen (secondary N) is 2. The zero-order valence-corrected chi connectivity index (χ0v) is 17.1. The van der Waals surface area contributed by atoms with Crippen molar-refractivity contribution in [3.8, 4) is 5.75 Å². The first-order valence-electron chi connectivity index (χ1n) is 9.77. The number of hydrogen-bond acceptors (Lipinski definition) is 3. The van der Waals surface area contributed by atoms with Crippen LogP contribution in [0, 0.1) is 5.92 Å². The summed E-state index contributed by atoms with van der Waals surface area (Å²) in [5.74, 6) is 1.28. The second-order valence-corrected chi connectivity index (χ2v) is 7.33. The zero-order chi connectivity index (χ0) is 19.9. The molecule has 3 aromatic rings. The van der Waals surface area contributed by atoms with Crippen LogP contribution in [0.1, 0.15) is 45.1 Å². The lowest BCUT2D eigenvalue weighted by atomic mass is 9.97. The highest BCUT2D eigenvalue weighted by Gasteiger charge is 2.19. The van der Waals surface area contributed by atoms with Crippen LogP contribution in [-0.4, -0.2) is 16.1 Å². The molecule has 0 fully saturated rings. The van der Waals surface area contributed by atoms with Crippen molar-refractivity contribution >= 4 is 34.2 Å². The van der Waals surface area contributed by atoms with Crippen molar-refractivity contribution in [1.82, 2.24) is 10.2 Å². The molecule has 0 aliphatic heterocycles. The molecule has 148 valence electrons. The maximum absolute atomic E-state index is 12.7. The zero-order valence-electron chi connectivity index (χ0n) is 16.3. The number of nitrogens with zero attached hydrogens (tertiary/aromatic N) is 1. The third kappa shape index (κ3) is 4.84. The van der Waals surface area contributed by atoms with Crippen molar-refractivity contribution in [2.45, 2.75) is 46.1 Å². The number of aromatic amines is 1. The van der Waals surface area contributed by atoms with E-state index in [9.17, 15) is 4.79 Å². The Hall–Kier alpha value is -2.53. The first kappa shape index (κ1) is 20.2. The van der Waals surface area contributed by atoms with Gasteiger partial charge in [-0.15, -0.1) is 0 Å². The molecule has 0 saturated heterocycles. The third-order valence-electron chi connectivity index (χ3n) is 4.77. The summed E-state index contributed by atoms with van der Waals surface area (Å²) in [6.07, 6.45) is 3.74. The molecule has 5 nitrogen and oxygen atoms in total. The highest BCUT2D eigenvalue weighted by atomic mass is 35.5. The van der Waals surface area contributed by atoms with Crippen LogP contribution in [0.15, 0.2) is 42.5 Å². The lowest BCUT2D eigenvalue weighted by Crippen LogP contribution is -2.23. The summed E-state index contributed by atoms with van der Waals surface area (Å²) in [4.78, 5) is 12.7. The van der Waals surface area contributed by atoms with Crippen LogP contribution in [0.5, 0.6) is 5.75 Å². The second kappa shape index (κ2) is 9.60. The number of benzene rings is 2. The molecule has 0 spiro atoms. The lowest BCUT2D eigenvalue weighted by molar-refractivity contribution is -0.120. The molecule has 1 aromatic heterocycles. The van der Waals surface area contributed by atoms with Crippen LogP contribution in [0.3, 0.4) is 0 Å². The Labute approximate surface area is 170 Å². The number of carbonyl (C=O) groups excluding carboxylic acids is 1. The average molecular weight is 400 g/mol. The molecule has 0 atom stereocenters. The van der Waals surface area contributed by atoms with E-state index in [1.54, 1.807) is 0 Å². The minimum atomic E-state index is 0.0152. The summed E-state index contributed by atoms with van der Waals surface area (Å²) < 4.78 is 5.90. The third-order valence-corrected chi connectivity index (χ3v) is 5.14. The average Bonchev–Trinajstić information content (AvgIpc) is 3.09. The molecular weight excluding hydrogens is 374 g/mol. The molecule has 0 aliphatic carbocycles. The van der Waals surface area contributed by atoms with Gasteiger partial charge in [0, 0.05) is 21.9 Å². The van der Waals surface area contributed by atoms with Gasteiger partial charge in [0.1, 0.15) is 12.4 Å². The number of aromatic nitrogens is 2. The fourth-order valence-corrected chi connectivity index (χ4v) is 3.47. The normalized spacial score (nSPS) is 11.1. The van der Waals surface area contributed by atoms with Crippen molar-refractivity contribution in [3.05, 3.63) is 53.1 Å². The summed E-state index contributed by atoms with van der Waals surface area (Å²) >= 11 is 6.19. The van der Waals surface area contributed by atoms with Gasteiger partial charge in [0.25, 0.3) is 0 Å². The molecule has 6 heteroatoms. The summed E-state index contributed by atoms with van der Waals surface area (Å²) in [5.41, 5.74) is 1.77. The van der Waals surface area contributed by atoms with Crippen LogP contribution in [-0.2, 0) is 11.4 Å². The van der Waals surface area contributed by atoms with Crippen LogP contribution in [0.25, 0.3) is 10.9 Å². The maximum atomic E-state index is 12.7. The second-order valence-electron chi connectivity index (χ2n) is 6.92. The number of amides is 1. The Bertz CT molecular complexity index is 932. The van der Waals surface area contributed by atoms with E-state index in [1.165, 1.54) is 0 Å². The Morgan fingerprint density at radius 2 is 1.93 bits per heavy atom. The number of carbonyl (C=O) groups is 1. The SMILES string of the molecule is CCCC(CCC)C(=O)Nc1n[nH]c2ccc(OCc3ccccc3Cl)cc12. The maximum Gasteiger partial charge on any atom is 0.228 e. The smallest absolute Gasteiger partial charge is 0.228 e. The van der Waals surface area contributed by atoms with Gasteiger partial charge in [-0.2, -0.15) is 5.10 Å². The minimum Gasteiger partial charge on any atom is -0.489 e. The Morgan fingerprint density at radius 3 is 2.64 bits per heavy atom. The number of fused-ring (bicyclic) bond motifs is 1. The molecular formula is C22H26ClN3O2. The van der Waals surface area contributed by atoms with Crippen LogP contribution in [0.2, 0.25) is 5.02 Å². The number of anilines is 1. The Balaban J connectivity index is 1.74. The fraction of sp³-hybridized carbons (Fsp3) is 0.364. The van der Waals surface area contributed by atoms with E-state index >= 15 is 0 Å². The Morgan fingerprint density at radius 1 is 1.18 bits per heavy atom. The van der Waals surface area contributed by atoms with E-state index in [0.29, 0.717) is 23.2 Å². The lowest BCUT2D eigenvalue weighted by Gasteiger charge is -2.14. The highest BCUT2D eigenvalue weighted by molar-refractivity contribution is 6.31. The summed E-state index contributed by atoms with van der Waals surface area (Å²) in [6.45, 7) is 4.57. The number of ether oxygens (including phenoxy) is 1. The summed E-state index contributed by atoms with van der Waals surface area (Å²) in [7, 11) is 0. The topological polar surface area (TPSA) is 67.0 Å². The largest absolute Gasteiger partial charge is 0.489 e. The number of hydrogen-bond donors (Lipinski definition) is 2. The number of H-pyrrole nitrogens is 1. The van der Waals surface area contributed by atoms with E-state index in [1.807, 2.05) is 42.5 Å². The van der Waals surface area contributed by atoms with Gasteiger partial charge in [0.05, 0.1) is 5.52 Å². The summed E-state index contributed by atoms with van der Waals surface area (Å²) in [5, 5.41) is 11.7. The molecule has 0 bridgehead atoms. The van der Waals surface area contributed by atoms with Gasteiger partial charge in [-0.3, -0.25) is 9.89 Å². The van der Waals surface area contributed by atoms with Crippen molar-refractivity contribution in [2.24, 2.45) is 5.92 Å². The predicted molar refractivity (Wildman–Crippen MR) is 114 cm³/mol. The molecule has 3 rings (SSSR count). The molecule has 1 amide bonds. The molecule has 28 heavy (non-hydrogen) atoms. The van der Waals surface area contributed by atoms with Gasteiger partial charge in [0.2, 0.25) is 5.91 Å². The molecule has 2 N–H and O–H groups in total. The molecule has 0 aliphatic rings. The standard InChI is InChI=1S/C22H26ClN3O2/c1-3-7-15(8-4-2)22(27)24-21-18-13-17(11-12-20(18)25-26-21)28-14-16-9-5-6-10-19(16)23/h5-6,9-13,15H,3-4,7-8,14H2,1-2H3,(H2,24,25,26,27). The molecule has 0 radical (unpaired) electrons. The van der Waals surface area contributed by atoms with Crippen molar-refractivity contribution < 1.29 is 9.53 Å². The minimum absolute atomic E-state index is 0.0152. The predicted octanol–water partition coefficient (Wildman–Crippen LogP) is 5.95. The van der Waals surface area contributed by atoms with Gasteiger partial charge >= 0.3 is 0 Å². The first-order valence-corrected chi connectivity index (χ1v) is 10.1. The van der Waals surface area contributed by atoms with Gasteiger partial charge in [0.15, 0.2) is 5.82 Å². The van der Waals surface area contributed by atoms with Crippen LogP contribution < -0.4 is 10.1 Å². The van der Waals surface area contributed by atoms with E-state index in [0.717, 1.165) is 42.1 Å². The Kier molecular flexibility index (Phi) is 6.93. The molecule has 0 unspecified atom stereocenters. The quantitative estimate of drug-likeness (QED) is 0.467. The van der Waals surface area contributed by atoms with Crippen molar-refractivity contribution in [2.75, 3.05) is 5.32 Å². The van der Waals surface area contributed by atoms with Crippen molar-refractivity contribution in [1.29, 1.82) is 0 Å². The first-order chi connectivity index (χ1) is 13.6. The van der Waals surface area contributed by atoms with Gasteiger partial charge in [-0.25, -0.2) is 0 Å². The van der Waals surface area contributed by atoms with Crippen molar-refractivity contribution in [3.63, 3.8) is 0 Å². The molecule has 1 heterocycles. The molecule has 2 aromatic carbocycles. The summed E-state index contributed by atoms with van der Waals surface area (Å²) in [6, 6.07) is 13.3. The van der Waals surface area contributed by atoms with Gasteiger partial charge in [-0.05, 0) is 37.1 Å².